The Labute approximate surface area is 97.8 Å². The summed E-state index contributed by atoms with van der Waals surface area (Å²) in [6, 6.07) is -0.141. The van der Waals surface area contributed by atoms with Gasteiger partial charge >= 0.3 is 6.03 Å². The first-order valence-electron chi connectivity index (χ1n) is 5.62. The summed E-state index contributed by atoms with van der Waals surface area (Å²) in [6.45, 7) is 8.20. The van der Waals surface area contributed by atoms with E-state index in [9.17, 15) is 9.90 Å². The zero-order chi connectivity index (χ0) is 12.7. The third-order valence-corrected chi connectivity index (χ3v) is 2.13. The van der Waals surface area contributed by atoms with Crippen molar-refractivity contribution in [3.63, 3.8) is 0 Å². The summed E-state index contributed by atoms with van der Waals surface area (Å²) < 4.78 is 4.94. The molecule has 0 aliphatic rings. The van der Waals surface area contributed by atoms with Crippen molar-refractivity contribution < 1.29 is 14.6 Å². The first-order valence-corrected chi connectivity index (χ1v) is 5.62. The second-order valence-corrected chi connectivity index (χ2v) is 4.40. The number of methoxy groups -OCH3 is 1. The van der Waals surface area contributed by atoms with E-state index < -0.39 is 6.10 Å². The molecule has 0 fully saturated rings. The number of aliphatic hydroxyl groups is 1. The molecule has 0 aromatic rings. The zero-order valence-corrected chi connectivity index (χ0v) is 10.9. The van der Waals surface area contributed by atoms with Crippen LogP contribution in [0.3, 0.4) is 0 Å². The fourth-order valence-electron chi connectivity index (χ4n) is 1.40. The Morgan fingerprint density at radius 2 is 1.94 bits per heavy atom. The molecule has 0 aromatic heterocycles. The van der Waals surface area contributed by atoms with E-state index in [4.69, 9.17) is 4.74 Å². The zero-order valence-electron chi connectivity index (χ0n) is 10.9. The summed E-state index contributed by atoms with van der Waals surface area (Å²) in [5.74, 6) is 0. The van der Waals surface area contributed by atoms with Crippen LogP contribution in [0.4, 0.5) is 4.79 Å². The summed E-state index contributed by atoms with van der Waals surface area (Å²) >= 11 is 0. The topological polar surface area (TPSA) is 61.8 Å². The fraction of sp³-hybridized carbons (Fsp3) is 0.909. The molecule has 0 rings (SSSR count). The molecule has 0 unspecified atom stereocenters. The van der Waals surface area contributed by atoms with Gasteiger partial charge in [-0.25, -0.2) is 4.79 Å². The maximum Gasteiger partial charge on any atom is 0.318 e. The summed E-state index contributed by atoms with van der Waals surface area (Å²) in [5.41, 5.74) is 0. The van der Waals surface area contributed by atoms with Gasteiger partial charge in [0.15, 0.2) is 0 Å². The van der Waals surface area contributed by atoms with E-state index in [-0.39, 0.29) is 18.1 Å². The Kier molecular flexibility index (Phi) is 7.08. The quantitative estimate of drug-likeness (QED) is 0.713. The molecule has 0 aliphatic carbocycles. The molecule has 5 heteroatoms. The Hall–Kier alpha value is -0.810. The maximum atomic E-state index is 11.9. The Morgan fingerprint density at radius 3 is 2.31 bits per heavy atom. The van der Waals surface area contributed by atoms with Crippen LogP contribution in [0.1, 0.15) is 27.7 Å². The van der Waals surface area contributed by atoms with Gasteiger partial charge in [-0.2, -0.15) is 0 Å². The maximum absolute atomic E-state index is 11.9. The van der Waals surface area contributed by atoms with Crippen LogP contribution in [0.5, 0.6) is 0 Å². The van der Waals surface area contributed by atoms with Gasteiger partial charge in [0, 0.05) is 19.7 Å². The average molecular weight is 232 g/mol. The molecule has 0 bridgehead atoms. The fourth-order valence-corrected chi connectivity index (χ4v) is 1.40. The van der Waals surface area contributed by atoms with Gasteiger partial charge in [-0.1, -0.05) is 0 Å². The highest BCUT2D eigenvalue weighted by Gasteiger charge is 2.19. The molecular weight excluding hydrogens is 208 g/mol. The SMILES string of the molecule is COC[C@H](C)NC(=O)N(C[C@H](C)O)C(C)C. The van der Waals surface area contributed by atoms with Gasteiger partial charge in [0.1, 0.15) is 0 Å². The molecule has 0 aromatic carbocycles. The van der Waals surface area contributed by atoms with Crippen LogP contribution in [0.15, 0.2) is 0 Å². The Bertz CT molecular complexity index is 207. The molecule has 2 N–H and O–H groups in total. The summed E-state index contributed by atoms with van der Waals surface area (Å²) in [5, 5.41) is 12.1. The average Bonchev–Trinajstić information content (AvgIpc) is 2.13. The third-order valence-electron chi connectivity index (χ3n) is 2.13. The number of ether oxygens (including phenoxy) is 1. The van der Waals surface area contributed by atoms with Gasteiger partial charge in [-0.15, -0.1) is 0 Å². The van der Waals surface area contributed by atoms with Crippen LogP contribution in [-0.4, -0.2) is 54.5 Å². The standard InChI is InChI=1S/C11H24N2O3/c1-8(2)13(6-10(4)14)11(15)12-9(3)7-16-5/h8-10,14H,6-7H2,1-5H3,(H,12,15)/t9-,10-/m0/s1. The molecule has 0 aliphatic heterocycles. The number of hydrogen-bond donors (Lipinski definition) is 2. The van der Waals surface area contributed by atoms with Crippen molar-refractivity contribution in [1.82, 2.24) is 10.2 Å². The predicted molar refractivity (Wildman–Crippen MR) is 63.4 cm³/mol. The largest absolute Gasteiger partial charge is 0.392 e. The first kappa shape index (κ1) is 15.2. The lowest BCUT2D eigenvalue weighted by molar-refractivity contribution is 0.113. The minimum Gasteiger partial charge on any atom is -0.392 e. The molecule has 0 radical (unpaired) electrons. The number of nitrogens with zero attached hydrogens (tertiary/aromatic N) is 1. The highest BCUT2D eigenvalue weighted by Crippen LogP contribution is 2.01. The van der Waals surface area contributed by atoms with Crippen molar-refractivity contribution in [2.24, 2.45) is 0 Å². The number of hydrogen-bond acceptors (Lipinski definition) is 3. The van der Waals surface area contributed by atoms with Gasteiger partial charge in [-0.3, -0.25) is 0 Å². The highest BCUT2D eigenvalue weighted by molar-refractivity contribution is 5.74. The number of carbonyl (C=O) groups is 1. The van der Waals surface area contributed by atoms with E-state index in [2.05, 4.69) is 5.32 Å². The summed E-state index contributed by atoms with van der Waals surface area (Å²) in [6.07, 6.45) is -0.522. The Balaban J connectivity index is 4.27. The van der Waals surface area contributed by atoms with Crippen LogP contribution < -0.4 is 5.32 Å². The number of carbonyl (C=O) groups excluding carboxylic acids is 1. The predicted octanol–water partition coefficient (Wildman–Crippen LogP) is 0.822. The van der Waals surface area contributed by atoms with E-state index in [1.54, 1.807) is 18.9 Å². The van der Waals surface area contributed by atoms with Crippen molar-refractivity contribution in [1.29, 1.82) is 0 Å². The second-order valence-electron chi connectivity index (χ2n) is 4.40. The number of aliphatic hydroxyl groups excluding tert-OH is 1. The molecule has 2 amide bonds. The third kappa shape index (κ3) is 5.92. The molecule has 0 saturated heterocycles. The highest BCUT2D eigenvalue weighted by atomic mass is 16.5. The number of amides is 2. The van der Waals surface area contributed by atoms with E-state index in [0.717, 1.165) is 0 Å². The van der Waals surface area contributed by atoms with Gasteiger partial charge in [0.05, 0.1) is 18.8 Å². The van der Waals surface area contributed by atoms with E-state index in [1.807, 2.05) is 20.8 Å². The van der Waals surface area contributed by atoms with Gasteiger partial charge < -0.3 is 20.1 Å². The lowest BCUT2D eigenvalue weighted by Gasteiger charge is -2.29. The van der Waals surface area contributed by atoms with Gasteiger partial charge in [0.2, 0.25) is 0 Å². The molecule has 0 saturated carbocycles. The lowest BCUT2D eigenvalue weighted by atomic mass is 10.3. The summed E-state index contributed by atoms with van der Waals surface area (Å²) in [4.78, 5) is 13.5. The van der Waals surface area contributed by atoms with Crippen molar-refractivity contribution in [3.05, 3.63) is 0 Å². The number of nitrogens with one attached hydrogen (secondary N) is 1. The van der Waals surface area contributed by atoms with E-state index in [1.165, 1.54) is 0 Å². The molecule has 0 heterocycles. The smallest absolute Gasteiger partial charge is 0.318 e. The van der Waals surface area contributed by atoms with Crippen LogP contribution in [-0.2, 0) is 4.74 Å². The van der Waals surface area contributed by atoms with Crippen molar-refractivity contribution in [2.45, 2.75) is 45.9 Å². The van der Waals surface area contributed by atoms with E-state index in [0.29, 0.717) is 13.2 Å². The van der Waals surface area contributed by atoms with Gasteiger partial charge in [0.25, 0.3) is 0 Å². The normalized spacial score (nSPS) is 14.7. The van der Waals surface area contributed by atoms with Crippen LogP contribution >= 0.6 is 0 Å². The number of rotatable bonds is 6. The lowest BCUT2D eigenvalue weighted by Crippen LogP contribution is -2.50. The summed E-state index contributed by atoms with van der Waals surface area (Å²) in [7, 11) is 1.60. The van der Waals surface area contributed by atoms with Crippen molar-refractivity contribution >= 4 is 6.03 Å². The molecular formula is C11H24N2O3. The molecule has 2 atom stereocenters. The molecule has 5 nitrogen and oxygen atoms in total. The minimum absolute atomic E-state index is 0.0345. The van der Waals surface area contributed by atoms with Crippen molar-refractivity contribution in [3.8, 4) is 0 Å². The minimum atomic E-state index is -0.522. The molecule has 96 valence electrons. The van der Waals surface area contributed by atoms with Gasteiger partial charge in [-0.05, 0) is 27.7 Å². The van der Waals surface area contributed by atoms with Crippen LogP contribution in [0.2, 0.25) is 0 Å². The Morgan fingerprint density at radius 1 is 1.38 bits per heavy atom. The first-order chi connectivity index (χ1) is 7.38. The molecule has 0 spiro atoms. The number of urea groups is 1. The van der Waals surface area contributed by atoms with Crippen LogP contribution in [0, 0.1) is 0 Å². The van der Waals surface area contributed by atoms with Crippen LogP contribution in [0.25, 0.3) is 0 Å². The van der Waals surface area contributed by atoms with Crippen molar-refractivity contribution in [2.75, 3.05) is 20.3 Å². The van der Waals surface area contributed by atoms with E-state index >= 15 is 0 Å². The molecule has 16 heavy (non-hydrogen) atoms. The monoisotopic (exact) mass is 232 g/mol. The second kappa shape index (κ2) is 7.46.